The van der Waals surface area contributed by atoms with Crippen LogP contribution in [0.4, 0.5) is 0 Å². The van der Waals surface area contributed by atoms with E-state index in [1.165, 1.54) is 11.1 Å². The minimum Gasteiger partial charge on any atom is -0.381 e. The number of nitrogens with one attached hydrogen (secondary N) is 1. The molecule has 0 aromatic heterocycles. The monoisotopic (exact) mass is 313 g/mol. The maximum atomic E-state index is 5.92. The van der Waals surface area contributed by atoms with Crippen molar-refractivity contribution in [3.8, 4) is 0 Å². The highest BCUT2D eigenvalue weighted by Crippen LogP contribution is 2.21. The summed E-state index contributed by atoms with van der Waals surface area (Å²) in [6.45, 7) is 3.21. The summed E-state index contributed by atoms with van der Waals surface area (Å²) in [6, 6.07) is 6.43. The van der Waals surface area contributed by atoms with Gasteiger partial charge in [0.1, 0.15) is 0 Å². The van der Waals surface area contributed by atoms with Gasteiger partial charge < -0.3 is 14.8 Å². The number of hydrogen-bond acceptors (Lipinski definition) is 3. The molecule has 18 heavy (non-hydrogen) atoms. The first kappa shape index (κ1) is 14.0. The summed E-state index contributed by atoms with van der Waals surface area (Å²) in [5.74, 6) is 0. The van der Waals surface area contributed by atoms with Gasteiger partial charge in [0.25, 0.3) is 0 Å². The molecule has 1 aromatic carbocycles. The Bertz CT molecular complexity index is 378. The molecule has 1 N–H and O–H groups in total. The predicted octanol–water partition coefficient (Wildman–Crippen LogP) is 2.86. The third-order valence-electron chi connectivity index (χ3n) is 3.14. The van der Waals surface area contributed by atoms with Gasteiger partial charge in [-0.25, -0.2) is 0 Å². The molecule has 0 bridgehead atoms. The summed E-state index contributed by atoms with van der Waals surface area (Å²) < 4.78 is 12.4. The topological polar surface area (TPSA) is 30.5 Å². The third kappa shape index (κ3) is 4.05. The number of benzene rings is 1. The lowest BCUT2D eigenvalue weighted by Gasteiger charge is -2.22. The standard InChI is InChI=1S/C14H20BrNO2/c1-16-9-11-2-3-12(14(15)8-11)10-18-13-4-6-17-7-5-13/h2-3,8,13,16H,4-7,9-10H2,1H3. The maximum Gasteiger partial charge on any atom is 0.0731 e. The second kappa shape index (κ2) is 7.24. The molecule has 3 nitrogen and oxygen atoms in total. The third-order valence-corrected chi connectivity index (χ3v) is 3.88. The molecule has 2 rings (SSSR count). The molecule has 1 fully saturated rings. The molecule has 100 valence electrons. The van der Waals surface area contributed by atoms with Crippen molar-refractivity contribution in [1.29, 1.82) is 0 Å². The number of ether oxygens (including phenoxy) is 2. The Kier molecular flexibility index (Phi) is 5.63. The lowest BCUT2D eigenvalue weighted by Crippen LogP contribution is -2.23. The van der Waals surface area contributed by atoms with Gasteiger partial charge in [-0.05, 0) is 37.1 Å². The fourth-order valence-electron chi connectivity index (χ4n) is 2.07. The fourth-order valence-corrected chi connectivity index (χ4v) is 2.61. The minimum atomic E-state index is 0.350. The second-order valence-corrected chi connectivity index (χ2v) is 5.43. The van der Waals surface area contributed by atoms with Crippen LogP contribution in [0.25, 0.3) is 0 Å². The summed E-state index contributed by atoms with van der Waals surface area (Å²) in [7, 11) is 1.95. The first-order chi connectivity index (χ1) is 8.79. The molecule has 0 atom stereocenters. The van der Waals surface area contributed by atoms with E-state index in [0.717, 1.165) is 37.1 Å². The lowest BCUT2D eigenvalue weighted by molar-refractivity contribution is -0.0392. The van der Waals surface area contributed by atoms with Crippen molar-refractivity contribution in [2.24, 2.45) is 0 Å². The minimum absolute atomic E-state index is 0.350. The molecular weight excluding hydrogens is 294 g/mol. The van der Waals surface area contributed by atoms with Gasteiger partial charge >= 0.3 is 0 Å². The average Bonchev–Trinajstić information content (AvgIpc) is 2.39. The molecule has 1 aliphatic rings. The smallest absolute Gasteiger partial charge is 0.0731 e. The van der Waals surface area contributed by atoms with Crippen molar-refractivity contribution >= 4 is 15.9 Å². The molecule has 0 saturated carbocycles. The van der Waals surface area contributed by atoms with Crippen molar-refractivity contribution in [1.82, 2.24) is 5.32 Å². The Morgan fingerprint density at radius 1 is 1.39 bits per heavy atom. The predicted molar refractivity (Wildman–Crippen MR) is 75.5 cm³/mol. The van der Waals surface area contributed by atoms with Crippen LogP contribution in [0.2, 0.25) is 0 Å². The molecule has 0 radical (unpaired) electrons. The zero-order chi connectivity index (χ0) is 12.8. The van der Waals surface area contributed by atoms with Crippen molar-refractivity contribution < 1.29 is 9.47 Å². The van der Waals surface area contributed by atoms with E-state index in [2.05, 4.69) is 39.4 Å². The van der Waals surface area contributed by atoms with Crippen LogP contribution in [0, 0.1) is 0 Å². The van der Waals surface area contributed by atoms with Gasteiger partial charge in [0.2, 0.25) is 0 Å². The van der Waals surface area contributed by atoms with Crippen LogP contribution < -0.4 is 5.32 Å². The van der Waals surface area contributed by atoms with E-state index >= 15 is 0 Å². The average molecular weight is 314 g/mol. The van der Waals surface area contributed by atoms with Crippen LogP contribution in [-0.4, -0.2) is 26.4 Å². The largest absolute Gasteiger partial charge is 0.381 e. The summed E-state index contributed by atoms with van der Waals surface area (Å²) >= 11 is 3.61. The Balaban J connectivity index is 1.88. The molecule has 0 unspecified atom stereocenters. The quantitative estimate of drug-likeness (QED) is 0.906. The van der Waals surface area contributed by atoms with Gasteiger partial charge in [0.15, 0.2) is 0 Å². The number of hydrogen-bond donors (Lipinski definition) is 1. The van der Waals surface area contributed by atoms with Gasteiger partial charge in [-0.3, -0.25) is 0 Å². The van der Waals surface area contributed by atoms with Crippen LogP contribution >= 0.6 is 15.9 Å². The van der Waals surface area contributed by atoms with E-state index < -0.39 is 0 Å². The Morgan fingerprint density at radius 2 is 2.17 bits per heavy atom. The Morgan fingerprint density at radius 3 is 2.83 bits per heavy atom. The van der Waals surface area contributed by atoms with Gasteiger partial charge in [-0.1, -0.05) is 28.1 Å². The van der Waals surface area contributed by atoms with Crippen molar-refractivity contribution in [2.45, 2.75) is 32.1 Å². The first-order valence-corrected chi connectivity index (χ1v) is 7.20. The van der Waals surface area contributed by atoms with Gasteiger partial charge in [0.05, 0.1) is 12.7 Å². The van der Waals surface area contributed by atoms with Crippen LogP contribution in [-0.2, 0) is 22.6 Å². The number of rotatable bonds is 5. The van der Waals surface area contributed by atoms with Crippen molar-refractivity contribution in [3.05, 3.63) is 33.8 Å². The SMILES string of the molecule is CNCc1ccc(COC2CCOCC2)c(Br)c1. The van der Waals surface area contributed by atoms with Gasteiger partial charge in [-0.2, -0.15) is 0 Å². The summed E-state index contributed by atoms with van der Waals surface area (Å²) in [4.78, 5) is 0. The second-order valence-electron chi connectivity index (χ2n) is 4.58. The normalized spacial score (nSPS) is 17.0. The Hall–Kier alpha value is -0.420. The molecule has 0 amide bonds. The van der Waals surface area contributed by atoms with E-state index in [1.54, 1.807) is 0 Å². The highest BCUT2D eigenvalue weighted by atomic mass is 79.9. The van der Waals surface area contributed by atoms with Crippen molar-refractivity contribution in [3.63, 3.8) is 0 Å². The fraction of sp³-hybridized carbons (Fsp3) is 0.571. The van der Waals surface area contributed by atoms with E-state index in [9.17, 15) is 0 Å². The zero-order valence-corrected chi connectivity index (χ0v) is 12.3. The summed E-state index contributed by atoms with van der Waals surface area (Å²) in [5.41, 5.74) is 2.49. The number of halogens is 1. The summed E-state index contributed by atoms with van der Waals surface area (Å²) in [5, 5.41) is 3.15. The van der Waals surface area contributed by atoms with Gasteiger partial charge in [0, 0.05) is 24.2 Å². The van der Waals surface area contributed by atoms with E-state index in [4.69, 9.17) is 9.47 Å². The molecule has 0 aliphatic carbocycles. The van der Waals surface area contributed by atoms with E-state index in [-0.39, 0.29) is 0 Å². The molecule has 1 heterocycles. The van der Waals surface area contributed by atoms with Crippen LogP contribution in [0.5, 0.6) is 0 Å². The molecule has 1 aromatic rings. The Labute approximate surface area is 117 Å². The lowest BCUT2D eigenvalue weighted by atomic mass is 10.1. The maximum absolute atomic E-state index is 5.92. The van der Waals surface area contributed by atoms with Crippen LogP contribution in [0.15, 0.2) is 22.7 Å². The molecule has 1 aliphatic heterocycles. The molecule has 4 heteroatoms. The van der Waals surface area contributed by atoms with Crippen LogP contribution in [0.3, 0.4) is 0 Å². The first-order valence-electron chi connectivity index (χ1n) is 6.41. The van der Waals surface area contributed by atoms with E-state index in [0.29, 0.717) is 12.7 Å². The van der Waals surface area contributed by atoms with E-state index in [1.807, 2.05) is 7.05 Å². The highest BCUT2D eigenvalue weighted by Gasteiger charge is 2.14. The molecular formula is C14H20BrNO2. The molecule has 1 saturated heterocycles. The van der Waals surface area contributed by atoms with Crippen LogP contribution in [0.1, 0.15) is 24.0 Å². The summed E-state index contributed by atoms with van der Waals surface area (Å²) in [6.07, 6.45) is 2.37. The highest BCUT2D eigenvalue weighted by molar-refractivity contribution is 9.10. The molecule has 0 spiro atoms. The van der Waals surface area contributed by atoms with Gasteiger partial charge in [-0.15, -0.1) is 0 Å². The van der Waals surface area contributed by atoms with Crippen molar-refractivity contribution in [2.75, 3.05) is 20.3 Å². The zero-order valence-electron chi connectivity index (χ0n) is 10.7.